The second-order valence-corrected chi connectivity index (χ2v) is 8.07. The summed E-state index contributed by atoms with van der Waals surface area (Å²) in [6.45, 7) is 9.94. The highest BCUT2D eigenvalue weighted by Gasteiger charge is 2.57. The number of hydrogen-bond donors (Lipinski definition) is 1. The summed E-state index contributed by atoms with van der Waals surface area (Å²) in [5.41, 5.74) is 0.631. The van der Waals surface area contributed by atoms with Crippen LogP contribution in [0.15, 0.2) is 11.6 Å². The van der Waals surface area contributed by atoms with Gasteiger partial charge in [0.2, 0.25) is 0 Å². The fourth-order valence-corrected chi connectivity index (χ4v) is 5.20. The number of ketones is 2. The molecule has 1 N–H and O–H groups in total. The topological polar surface area (TPSA) is 54.4 Å². The van der Waals surface area contributed by atoms with E-state index in [1.165, 1.54) is 0 Å². The van der Waals surface area contributed by atoms with Gasteiger partial charge in [0.1, 0.15) is 5.78 Å². The Morgan fingerprint density at radius 2 is 1.95 bits per heavy atom. The van der Waals surface area contributed by atoms with Crippen molar-refractivity contribution in [2.75, 3.05) is 0 Å². The molecule has 2 aliphatic rings. The Morgan fingerprint density at radius 1 is 1.33 bits per heavy atom. The van der Waals surface area contributed by atoms with Gasteiger partial charge in [0, 0.05) is 12.3 Å². The van der Waals surface area contributed by atoms with E-state index >= 15 is 0 Å². The summed E-state index contributed by atoms with van der Waals surface area (Å²) in [4.78, 5) is 24.0. The zero-order valence-corrected chi connectivity index (χ0v) is 13.9. The minimum Gasteiger partial charge on any atom is -0.393 e. The highest BCUT2D eigenvalue weighted by molar-refractivity contribution is 5.95. The van der Waals surface area contributed by atoms with Gasteiger partial charge in [-0.05, 0) is 55.9 Å². The zero-order chi connectivity index (χ0) is 16.0. The fraction of sp³-hybridized carbons (Fsp3) is 0.778. The summed E-state index contributed by atoms with van der Waals surface area (Å²) in [5.74, 6) is 0.536. The first-order chi connectivity index (χ1) is 9.58. The van der Waals surface area contributed by atoms with Crippen LogP contribution >= 0.6 is 0 Å². The number of aliphatic hydroxyl groups excluding tert-OH is 1. The maximum Gasteiger partial charge on any atom is 0.159 e. The van der Waals surface area contributed by atoms with Crippen LogP contribution in [0.4, 0.5) is 0 Å². The first kappa shape index (κ1) is 16.4. The van der Waals surface area contributed by atoms with Crippen LogP contribution in [0.5, 0.6) is 0 Å². The maximum atomic E-state index is 12.6. The number of fused-ring (bicyclic) bond motifs is 1. The lowest BCUT2D eigenvalue weighted by atomic mass is 9.47. The number of allylic oxidation sites excluding steroid dienone is 2. The van der Waals surface area contributed by atoms with E-state index in [9.17, 15) is 14.7 Å². The summed E-state index contributed by atoms with van der Waals surface area (Å²) < 4.78 is 0. The predicted molar refractivity (Wildman–Crippen MR) is 82.8 cm³/mol. The Bertz CT molecular complexity index is 489. The van der Waals surface area contributed by atoms with Crippen molar-refractivity contribution in [1.29, 1.82) is 0 Å². The number of aliphatic hydroxyl groups is 1. The van der Waals surface area contributed by atoms with Crippen molar-refractivity contribution >= 4 is 11.6 Å². The molecule has 1 saturated carbocycles. The molecule has 1 fully saturated rings. The third-order valence-corrected chi connectivity index (χ3v) is 5.66. The van der Waals surface area contributed by atoms with E-state index in [4.69, 9.17) is 0 Å². The van der Waals surface area contributed by atoms with Crippen molar-refractivity contribution < 1.29 is 14.7 Å². The molecule has 3 nitrogen and oxygen atoms in total. The molecule has 0 aliphatic heterocycles. The largest absolute Gasteiger partial charge is 0.393 e. The van der Waals surface area contributed by atoms with Crippen molar-refractivity contribution in [3.63, 3.8) is 0 Å². The molecule has 21 heavy (non-hydrogen) atoms. The van der Waals surface area contributed by atoms with E-state index < -0.39 is 0 Å². The normalized spacial score (nSPS) is 38.7. The first-order valence-corrected chi connectivity index (χ1v) is 7.97. The number of carbonyl (C=O) groups excluding carboxylic acids is 2. The molecule has 0 heterocycles. The van der Waals surface area contributed by atoms with Gasteiger partial charge in [-0.2, -0.15) is 0 Å². The molecule has 0 amide bonds. The molecular formula is C18H28O3. The maximum absolute atomic E-state index is 12.6. The SMILES string of the molecule is CC(=O)CC[C@H]1C(C)=CC(=O)[C@H]2C(C)(C)C[C@H](O)C[C@]12C. The smallest absolute Gasteiger partial charge is 0.159 e. The van der Waals surface area contributed by atoms with E-state index in [0.29, 0.717) is 19.3 Å². The van der Waals surface area contributed by atoms with Gasteiger partial charge in [-0.1, -0.05) is 26.3 Å². The molecule has 4 atom stereocenters. The molecule has 118 valence electrons. The third kappa shape index (κ3) is 2.85. The Balaban J connectivity index is 2.43. The highest BCUT2D eigenvalue weighted by Crippen LogP contribution is 2.59. The number of Topliss-reactive ketones (excluding diaryl/α,β-unsaturated/α-hetero) is 1. The van der Waals surface area contributed by atoms with Crippen LogP contribution < -0.4 is 0 Å². The van der Waals surface area contributed by atoms with Crippen molar-refractivity contribution in [1.82, 2.24) is 0 Å². The van der Waals surface area contributed by atoms with Crippen LogP contribution in [0, 0.1) is 22.7 Å². The van der Waals surface area contributed by atoms with Gasteiger partial charge in [-0.3, -0.25) is 4.79 Å². The van der Waals surface area contributed by atoms with E-state index in [1.807, 2.05) is 6.92 Å². The van der Waals surface area contributed by atoms with Crippen molar-refractivity contribution in [3.05, 3.63) is 11.6 Å². The first-order valence-electron chi connectivity index (χ1n) is 7.97. The second kappa shape index (κ2) is 5.35. The Hall–Kier alpha value is -0.960. The van der Waals surface area contributed by atoms with E-state index in [2.05, 4.69) is 20.8 Å². The predicted octanol–water partition coefficient (Wildman–Crippen LogP) is 3.30. The van der Waals surface area contributed by atoms with Gasteiger partial charge in [0.25, 0.3) is 0 Å². The quantitative estimate of drug-likeness (QED) is 0.868. The van der Waals surface area contributed by atoms with Crippen LogP contribution in [0.1, 0.15) is 60.3 Å². The fourth-order valence-electron chi connectivity index (χ4n) is 5.20. The van der Waals surface area contributed by atoms with Gasteiger partial charge in [-0.25, -0.2) is 0 Å². The van der Waals surface area contributed by atoms with Crippen LogP contribution in [0.25, 0.3) is 0 Å². The molecule has 0 radical (unpaired) electrons. The van der Waals surface area contributed by atoms with E-state index in [1.54, 1.807) is 13.0 Å². The summed E-state index contributed by atoms with van der Waals surface area (Å²) in [5, 5.41) is 10.3. The molecule has 0 bridgehead atoms. The number of rotatable bonds is 3. The molecule has 0 saturated heterocycles. The molecule has 0 unspecified atom stereocenters. The Labute approximate surface area is 127 Å². The van der Waals surface area contributed by atoms with Crippen molar-refractivity contribution in [2.24, 2.45) is 22.7 Å². The Kier molecular flexibility index (Phi) is 4.18. The van der Waals surface area contributed by atoms with Crippen LogP contribution in [0.3, 0.4) is 0 Å². The molecule has 0 aromatic carbocycles. The standard InChI is InChI=1S/C18H28O3/c1-11-8-15(21)16-17(3,4)9-13(20)10-18(16,5)14(11)7-6-12(2)19/h8,13-14,16,20H,6-7,9-10H2,1-5H3/t13-,14-,16-,18+/m0/s1. The molecule has 2 aliphatic carbocycles. The summed E-state index contributed by atoms with van der Waals surface area (Å²) in [6.07, 6.45) is 4.08. The average Bonchev–Trinajstić information content (AvgIpc) is 2.23. The van der Waals surface area contributed by atoms with Gasteiger partial charge in [-0.15, -0.1) is 0 Å². The van der Waals surface area contributed by atoms with Gasteiger partial charge in [0.15, 0.2) is 5.78 Å². The third-order valence-electron chi connectivity index (χ3n) is 5.66. The summed E-state index contributed by atoms with van der Waals surface area (Å²) in [7, 11) is 0. The number of carbonyl (C=O) groups is 2. The molecule has 0 aromatic heterocycles. The molecular weight excluding hydrogens is 264 g/mol. The summed E-state index contributed by atoms with van der Waals surface area (Å²) in [6, 6.07) is 0. The lowest BCUT2D eigenvalue weighted by molar-refractivity contribution is -0.145. The molecule has 3 heteroatoms. The molecule has 0 aromatic rings. The second-order valence-electron chi connectivity index (χ2n) is 8.07. The van der Waals surface area contributed by atoms with E-state index in [0.717, 1.165) is 12.0 Å². The highest BCUT2D eigenvalue weighted by atomic mass is 16.3. The van der Waals surface area contributed by atoms with Gasteiger partial charge < -0.3 is 9.90 Å². The van der Waals surface area contributed by atoms with Crippen molar-refractivity contribution in [2.45, 2.75) is 66.4 Å². The van der Waals surface area contributed by atoms with Crippen LogP contribution in [-0.4, -0.2) is 22.8 Å². The Morgan fingerprint density at radius 3 is 2.52 bits per heavy atom. The molecule has 2 rings (SSSR count). The lowest BCUT2D eigenvalue weighted by Gasteiger charge is -2.56. The summed E-state index contributed by atoms with van der Waals surface area (Å²) >= 11 is 0. The van der Waals surface area contributed by atoms with Gasteiger partial charge >= 0.3 is 0 Å². The molecule has 0 spiro atoms. The number of hydrogen-bond acceptors (Lipinski definition) is 3. The van der Waals surface area contributed by atoms with Crippen LogP contribution in [0.2, 0.25) is 0 Å². The minimum atomic E-state index is -0.361. The average molecular weight is 292 g/mol. The van der Waals surface area contributed by atoms with Gasteiger partial charge in [0.05, 0.1) is 6.10 Å². The lowest BCUT2D eigenvalue weighted by Crippen LogP contribution is -2.55. The van der Waals surface area contributed by atoms with Crippen LogP contribution in [-0.2, 0) is 9.59 Å². The monoisotopic (exact) mass is 292 g/mol. The van der Waals surface area contributed by atoms with E-state index in [-0.39, 0.29) is 40.3 Å². The van der Waals surface area contributed by atoms with Crippen molar-refractivity contribution in [3.8, 4) is 0 Å². The minimum absolute atomic E-state index is 0.0611. The zero-order valence-electron chi connectivity index (χ0n) is 13.9.